The molecule has 0 aliphatic rings. The zero-order chi connectivity index (χ0) is 14.8. The van der Waals surface area contributed by atoms with Gasteiger partial charge in [0.15, 0.2) is 0 Å². The monoisotopic (exact) mass is 471 g/mol. The predicted molar refractivity (Wildman–Crippen MR) is 102 cm³/mol. The average molecular weight is 474 g/mol. The summed E-state index contributed by atoms with van der Waals surface area (Å²) in [6.07, 6.45) is 3.73. The summed E-state index contributed by atoms with van der Waals surface area (Å²) < 4.78 is 4.72. The molecule has 0 radical (unpaired) electrons. The first-order valence-electron chi connectivity index (χ1n) is 7.13. The van der Waals surface area contributed by atoms with Crippen LogP contribution in [0.25, 0.3) is 21.8 Å². The van der Waals surface area contributed by atoms with Gasteiger partial charge in [0.05, 0.1) is 0 Å². The highest BCUT2D eigenvalue weighted by molar-refractivity contribution is 9.10. The second-order valence-corrected chi connectivity index (χ2v) is 7.85. The predicted octanol–water partition coefficient (Wildman–Crippen LogP) is 6.88. The van der Waals surface area contributed by atoms with Crippen molar-refractivity contribution >= 4 is 69.6 Å². The van der Waals surface area contributed by atoms with Crippen LogP contribution >= 0.6 is 47.8 Å². The van der Waals surface area contributed by atoms with Gasteiger partial charge in [-0.05, 0) is 49.2 Å². The van der Waals surface area contributed by atoms with Crippen LogP contribution in [-0.4, -0.2) is 9.90 Å². The number of alkyl halides is 1. The Labute approximate surface area is 150 Å². The number of fused-ring (bicyclic) bond motifs is 3. The Balaban J connectivity index is 2.11. The second kappa shape index (κ2) is 6.84. The molecular formula is C17H16Br3N. The number of unbranched alkanes of at least 4 members (excludes halogenated alkanes) is 2. The Kier molecular flexibility index (Phi) is 5.07. The van der Waals surface area contributed by atoms with Crippen LogP contribution in [0.1, 0.15) is 19.3 Å². The Morgan fingerprint density at radius 2 is 1.33 bits per heavy atom. The molecule has 1 aromatic heterocycles. The third-order valence-electron chi connectivity index (χ3n) is 3.80. The zero-order valence-electron chi connectivity index (χ0n) is 11.6. The molecule has 0 N–H and O–H groups in total. The van der Waals surface area contributed by atoms with Crippen LogP contribution in [0.15, 0.2) is 45.3 Å². The van der Waals surface area contributed by atoms with Gasteiger partial charge < -0.3 is 4.57 Å². The number of aromatic nitrogens is 1. The van der Waals surface area contributed by atoms with E-state index < -0.39 is 0 Å². The minimum atomic E-state index is 1.08. The number of hydrogen-bond donors (Lipinski definition) is 0. The highest BCUT2D eigenvalue weighted by atomic mass is 79.9. The number of benzene rings is 2. The van der Waals surface area contributed by atoms with Crippen molar-refractivity contribution in [2.75, 3.05) is 5.33 Å². The summed E-state index contributed by atoms with van der Waals surface area (Å²) in [6.45, 7) is 1.08. The SMILES string of the molecule is BrCCCCCn1c2ccc(Br)cc2c2cc(Br)ccc21. The lowest BCUT2D eigenvalue weighted by Gasteiger charge is -2.07. The zero-order valence-corrected chi connectivity index (χ0v) is 16.3. The third kappa shape index (κ3) is 3.22. The largest absolute Gasteiger partial charge is 0.340 e. The molecule has 0 amide bonds. The van der Waals surface area contributed by atoms with Gasteiger partial charge in [-0.2, -0.15) is 0 Å². The van der Waals surface area contributed by atoms with Gasteiger partial charge in [0.2, 0.25) is 0 Å². The molecule has 21 heavy (non-hydrogen) atoms. The van der Waals surface area contributed by atoms with E-state index in [1.165, 1.54) is 41.1 Å². The first-order chi connectivity index (χ1) is 10.2. The van der Waals surface area contributed by atoms with E-state index in [0.717, 1.165) is 20.8 Å². The number of hydrogen-bond acceptors (Lipinski definition) is 0. The lowest BCUT2D eigenvalue weighted by Crippen LogP contribution is -1.97. The number of aryl methyl sites for hydroxylation is 1. The van der Waals surface area contributed by atoms with E-state index in [1.54, 1.807) is 0 Å². The van der Waals surface area contributed by atoms with Gasteiger partial charge in [0, 0.05) is 42.6 Å². The highest BCUT2D eigenvalue weighted by Crippen LogP contribution is 2.33. The lowest BCUT2D eigenvalue weighted by molar-refractivity contribution is 0.631. The maximum Gasteiger partial charge on any atom is 0.0492 e. The summed E-state index contributed by atoms with van der Waals surface area (Å²) in [6, 6.07) is 13.1. The van der Waals surface area contributed by atoms with Gasteiger partial charge in [0.25, 0.3) is 0 Å². The molecule has 0 atom stereocenters. The Hall–Kier alpha value is -0.320. The molecule has 0 unspecified atom stereocenters. The van der Waals surface area contributed by atoms with Crippen LogP contribution in [0, 0.1) is 0 Å². The van der Waals surface area contributed by atoms with Crippen molar-refractivity contribution in [2.45, 2.75) is 25.8 Å². The molecular weight excluding hydrogens is 458 g/mol. The molecule has 110 valence electrons. The Morgan fingerprint density at radius 1 is 0.762 bits per heavy atom. The van der Waals surface area contributed by atoms with E-state index in [4.69, 9.17) is 0 Å². The molecule has 2 aromatic carbocycles. The standard InChI is InChI=1S/C17H16Br3N/c18-8-2-1-3-9-21-16-6-4-12(19)10-14(16)15-11-13(20)5-7-17(15)21/h4-7,10-11H,1-3,8-9H2. The number of rotatable bonds is 5. The van der Waals surface area contributed by atoms with Crippen molar-refractivity contribution in [2.24, 2.45) is 0 Å². The molecule has 0 bridgehead atoms. The maximum absolute atomic E-state index is 3.59. The minimum absolute atomic E-state index is 1.08. The summed E-state index contributed by atoms with van der Waals surface area (Å²) in [5.41, 5.74) is 2.65. The molecule has 4 heteroatoms. The van der Waals surface area contributed by atoms with Gasteiger partial charge in [-0.3, -0.25) is 0 Å². The van der Waals surface area contributed by atoms with E-state index >= 15 is 0 Å². The van der Waals surface area contributed by atoms with Gasteiger partial charge in [-0.1, -0.05) is 54.2 Å². The molecule has 0 aliphatic heterocycles. The first kappa shape index (κ1) is 15.6. The molecule has 0 fully saturated rings. The molecule has 1 nitrogen and oxygen atoms in total. The van der Waals surface area contributed by atoms with E-state index in [9.17, 15) is 0 Å². The fourth-order valence-electron chi connectivity index (χ4n) is 2.83. The number of nitrogens with zero attached hydrogens (tertiary/aromatic N) is 1. The van der Waals surface area contributed by atoms with Crippen LogP contribution in [-0.2, 0) is 6.54 Å². The van der Waals surface area contributed by atoms with Crippen LogP contribution in [0.4, 0.5) is 0 Å². The molecule has 1 heterocycles. The van der Waals surface area contributed by atoms with Crippen molar-refractivity contribution in [3.8, 4) is 0 Å². The first-order valence-corrected chi connectivity index (χ1v) is 9.84. The molecule has 0 saturated heterocycles. The smallest absolute Gasteiger partial charge is 0.0492 e. The summed E-state index contributed by atoms with van der Waals surface area (Å²) in [5, 5.41) is 3.74. The van der Waals surface area contributed by atoms with Crippen molar-refractivity contribution in [3.05, 3.63) is 45.3 Å². The van der Waals surface area contributed by atoms with E-state index in [0.29, 0.717) is 0 Å². The Bertz CT molecular complexity index is 717. The topological polar surface area (TPSA) is 4.93 Å². The molecule has 0 saturated carbocycles. The van der Waals surface area contributed by atoms with Gasteiger partial charge >= 0.3 is 0 Å². The maximum atomic E-state index is 3.59. The van der Waals surface area contributed by atoms with Crippen molar-refractivity contribution < 1.29 is 0 Å². The van der Waals surface area contributed by atoms with Gasteiger partial charge in [0.1, 0.15) is 0 Å². The molecule has 0 spiro atoms. The Morgan fingerprint density at radius 3 is 1.86 bits per heavy atom. The summed E-state index contributed by atoms with van der Waals surface area (Å²) in [7, 11) is 0. The van der Waals surface area contributed by atoms with E-state index in [-0.39, 0.29) is 0 Å². The van der Waals surface area contributed by atoms with Crippen LogP contribution in [0.3, 0.4) is 0 Å². The van der Waals surface area contributed by atoms with Crippen LogP contribution in [0.2, 0.25) is 0 Å². The van der Waals surface area contributed by atoms with Gasteiger partial charge in [-0.25, -0.2) is 0 Å². The van der Waals surface area contributed by atoms with E-state index in [1.807, 2.05) is 0 Å². The minimum Gasteiger partial charge on any atom is -0.340 e. The second-order valence-electron chi connectivity index (χ2n) is 5.22. The third-order valence-corrected chi connectivity index (χ3v) is 5.35. The fraction of sp³-hybridized carbons (Fsp3) is 0.294. The van der Waals surface area contributed by atoms with Gasteiger partial charge in [-0.15, -0.1) is 0 Å². The van der Waals surface area contributed by atoms with Crippen molar-refractivity contribution in [1.29, 1.82) is 0 Å². The van der Waals surface area contributed by atoms with Crippen molar-refractivity contribution in [3.63, 3.8) is 0 Å². The molecule has 3 rings (SSSR count). The lowest BCUT2D eigenvalue weighted by atomic mass is 10.2. The summed E-state index contributed by atoms with van der Waals surface area (Å²) >= 11 is 10.7. The summed E-state index contributed by atoms with van der Waals surface area (Å²) in [5.74, 6) is 0. The highest BCUT2D eigenvalue weighted by Gasteiger charge is 2.11. The van der Waals surface area contributed by atoms with Crippen LogP contribution < -0.4 is 0 Å². The van der Waals surface area contributed by atoms with Crippen molar-refractivity contribution in [1.82, 2.24) is 4.57 Å². The molecule has 3 aromatic rings. The van der Waals surface area contributed by atoms with E-state index in [2.05, 4.69) is 88.8 Å². The normalized spacial score (nSPS) is 11.6. The average Bonchev–Trinajstić information content (AvgIpc) is 2.77. The summed E-state index contributed by atoms with van der Waals surface area (Å²) in [4.78, 5) is 0. The fourth-order valence-corrected chi connectivity index (χ4v) is 3.95. The molecule has 0 aliphatic carbocycles. The van der Waals surface area contributed by atoms with Crippen LogP contribution in [0.5, 0.6) is 0 Å². The number of halogens is 3. The quantitative estimate of drug-likeness (QED) is 0.281.